The first kappa shape index (κ1) is 13.3. The van der Waals surface area contributed by atoms with Crippen LogP contribution in [0.25, 0.3) is 0 Å². The van der Waals surface area contributed by atoms with Gasteiger partial charge in [-0.2, -0.15) is 4.31 Å². The summed E-state index contributed by atoms with van der Waals surface area (Å²) in [6.45, 7) is 2.95. The van der Waals surface area contributed by atoms with Crippen molar-refractivity contribution in [1.82, 2.24) is 4.31 Å². The Labute approximate surface area is 110 Å². The molecule has 2 atom stereocenters. The van der Waals surface area contributed by atoms with E-state index in [9.17, 15) is 8.42 Å². The Balaban J connectivity index is 2.22. The number of halogens is 1. The Morgan fingerprint density at radius 2 is 2.24 bits per heavy atom. The third-order valence-corrected chi connectivity index (χ3v) is 6.64. The second kappa shape index (κ2) is 4.85. The summed E-state index contributed by atoms with van der Waals surface area (Å²) in [4.78, 5) is 0. The smallest absolute Gasteiger partial charge is 0.252 e. The van der Waals surface area contributed by atoms with Gasteiger partial charge in [0.25, 0.3) is 10.0 Å². The van der Waals surface area contributed by atoms with Gasteiger partial charge in [0, 0.05) is 19.1 Å². The summed E-state index contributed by atoms with van der Waals surface area (Å²) in [6, 6.07) is 3.26. The molecule has 1 aliphatic rings. The quantitative estimate of drug-likeness (QED) is 0.904. The molecule has 0 saturated carbocycles. The zero-order valence-corrected chi connectivity index (χ0v) is 11.9. The zero-order valence-electron chi connectivity index (χ0n) is 9.47. The summed E-state index contributed by atoms with van der Waals surface area (Å²) in [7, 11) is -3.39. The summed E-state index contributed by atoms with van der Waals surface area (Å²) >= 11 is 6.87. The highest BCUT2D eigenvalue weighted by Crippen LogP contribution is 2.30. The van der Waals surface area contributed by atoms with Crippen molar-refractivity contribution in [3.05, 3.63) is 16.5 Å². The molecule has 1 fully saturated rings. The van der Waals surface area contributed by atoms with Crippen molar-refractivity contribution in [3.63, 3.8) is 0 Å². The molecule has 1 saturated heterocycles. The normalized spacial score (nSPS) is 27.2. The van der Waals surface area contributed by atoms with Gasteiger partial charge < -0.3 is 5.73 Å². The standard InChI is InChI=1S/C10H15ClN2O2S2/c1-7-6-13(5-4-8(7)12)17(14,15)10-3-2-9(11)16-10/h2-3,7-8H,4-6,12H2,1H3. The Bertz CT molecular complexity index is 500. The first-order valence-electron chi connectivity index (χ1n) is 5.42. The molecule has 2 rings (SSSR count). The van der Waals surface area contributed by atoms with E-state index in [1.165, 1.54) is 4.31 Å². The lowest BCUT2D eigenvalue weighted by Crippen LogP contribution is -2.47. The molecule has 0 spiro atoms. The van der Waals surface area contributed by atoms with Gasteiger partial charge in [0.05, 0.1) is 4.34 Å². The molecule has 96 valence electrons. The second-order valence-corrected chi connectivity index (χ2v) is 8.23. The van der Waals surface area contributed by atoms with E-state index in [2.05, 4.69) is 0 Å². The van der Waals surface area contributed by atoms with Gasteiger partial charge >= 0.3 is 0 Å². The number of nitrogens with zero attached hydrogens (tertiary/aromatic N) is 1. The van der Waals surface area contributed by atoms with E-state index in [4.69, 9.17) is 17.3 Å². The lowest BCUT2D eigenvalue weighted by molar-refractivity contribution is 0.250. The van der Waals surface area contributed by atoms with Gasteiger partial charge in [0.15, 0.2) is 0 Å². The average Bonchev–Trinajstić information content (AvgIpc) is 2.69. The maximum atomic E-state index is 12.3. The summed E-state index contributed by atoms with van der Waals surface area (Å²) < 4.78 is 26.9. The molecule has 0 aromatic carbocycles. The van der Waals surface area contributed by atoms with Crippen molar-refractivity contribution in [2.75, 3.05) is 13.1 Å². The highest BCUT2D eigenvalue weighted by atomic mass is 35.5. The van der Waals surface area contributed by atoms with Gasteiger partial charge in [-0.25, -0.2) is 8.42 Å². The summed E-state index contributed by atoms with van der Waals surface area (Å²) in [5, 5.41) is 0. The fourth-order valence-electron chi connectivity index (χ4n) is 1.91. The third kappa shape index (κ3) is 2.66. The number of thiophene rings is 1. The fraction of sp³-hybridized carbons (Fsp3) is 0.600. The highest BCUT2D eigenvalue weighted by Gasteiger charge is 2.32. The molecular formula is C10H15ClN2O2S2. The van der Waals surface area contributed by atoms with Crippen LogP contribution in [0.2, 0.25) is 4.34 Å². The minimum Gasteiger partial charge on any atom is -0.327 e. The Morgan fingerprint density at radius 3 is 2.76 bits per heavy atom. The largest absolute Gasteiger partial charge is 0.327 e. The van der Waals surface area contributed by atoms with E-state index in [1.807, 2.05) is 6.92 Å². The van der Waals surface area contributed by atoms with Crippen molar-refractivity contribution < 1.29 is 8.42 Å². The van der Waals surface area contributed by atoms with Gasteiger partial charge in [0.2, 0.25) is 0 Å². The number of nitrogens with two attached hydrogens (primary N) is 1. The molecule has 0 radical (unpaired) electrons. The molecule has 1 aromatic rings. The van der Waals surface area contributed by atoms with E-state index in [0.29, 0.717) is 28.1 Å². The molecule has 1 aromatic heterocycles. The highest BCUT2D eigenvalue weighted by molar-refractivity contribution is 7.91. The first-order valence-corrected chi connectivity index (χ1v) is 8.06. The predicted octanol–water partition coefficient (Wildman–Crippen LogP) is 1.76. The lowest BCUT2D eigenvalue weighted by Gasteiger charge is -2.33. The number of sulfonamides is 1. The van der Waals surface area contributed by atoms with Crippen LogP contribution in [0.4, 0.5) is 0 Å². The monoisotopic (exact) mass is 294 g/mol. The second-order valence-electron chi connectivity index (χ2n) is 4.35. The van der Waals surface area contributed by atoms with Crippen molar-refractivity contribution in [2.24, 2.45) is 11.7 Å². The summed E-state index contributed by atoms with van der Waals surface area (Å²) in [6.07, 6.45) is 0.708. The summed E-state index contributed by atoms with van der Waals surface area (Å²) in [5.74, 6) is 0.189. The van der Waals surface area contributed by atoms with Crippen LogP contribution in [-0.2, 0) is 10.0 Å². The molecular weight excluding hydrogens is 280 g/mol. The molecule has 0 amide bonds. The number of rotatable bonds is 2. The zero-order chi connectivity index (χ0) is 12.6. The Kier molecular flexibility index (Phi) is 3.80. The minimum atomic E-state index is -3.39. The molecule has 2 N–H and O–H groups in total. The minimum absolute atomic E-state index is 0.0911. The van der Waals surface area contributed by atoms with Gasteiger partial charge in [-0.3, -0.25) is 0 Å². The molecule has 17 heavy (non-hydrogen) atoms. The van der Waals surface area contributed by atoms with Crippen LogP contribution < -0.4 is 5.73 Å². The van der Waals surface area contributed by atoms with Crippen molar-refractivity contribution in [1.29, 1.82) is 0 Å². The average molecular weight is 295 g/mol. The molecule has 0 aliphatic carbocycles. The van der Waals surface area contributed by atoms with E-state index < -0.39 is 10.0 Å². The maximum absolute atomic E-state index is 12.3. The van der Waals surface area contributed by atoms with Gasteiger partial charge in [-0.05, 0) is 24.5 Å². The van der Waals surface area contributed by atoms with Crippen LogP contribution in [-0.4, -0.2) is 31.9 Å². The van der Waals surface area contributed by atoms with E-state index in [0.717, 1.165) is 11.3 Å². The van der Waals surface area contributed by atoms with Crippen LogP contribution >= 0.6 is 22.9 Å². The molecule has 1 aliphatic heterocycles. The molecule has 4 nitrogen and oxygen atoms in total. The first-order chi connectivity index (χ1) is 7.91. The van der Waals surface area contributed by atoms with Crippen LogP contribution in [0.5, 0.6) is 0 Å². The van der Waals surface area contributed by atoms with Gasteiger partial charge in [-0.15, -0.1) is 11.3 Å². The maximum Gasteiger partial charge on any atom is 0.252 e. The van der Waals surface area contributed by atoms with Gasteiger partial charge in [-0.1, -0.05) is 18.5 Å². The number of hydrogen-bond donors (Lipinski definition) is 1. The third-order valence-electron chi connectivity index (χ3n) is 3.08. The van der Waals surface area contributed by atoms with E-state index in [1.54, 1.807) is 12.1 Å². The Morgan fingerprint density at radius 1 is 1.53 bits per heavy atom. The molecule has 2 heterocycles. The van der Waals surface area contributed by atoms with Crippen LogP contribution in [0.3, 0.4) is 0 Å². The topological polar surface area (TPSA) is 63.4 Å². The SMILES string of the molecule is CC1CN(S(=O)(=O)c2ccc(Cl)s2)CCC1N. The number of piperidine rings is 1. The van der Waals surface area contributed by atoms with Crippen LogP contribution in [0.1, 0.15) is 13.3 Å². The summed E-state index contributed by atoms with van der Waals surface area (Å²) in [5.41, 5.74) is 5.89. The van der Waals surface area contributed by atoms with Crippen molar-refractivity contribution >= 4 is 33.0 Å². The van der Waals surface area contributed by atoms with E-state index >= 15 is 0 Å². The molecule has 2 unspecified atom stereocenters. The van der Waals surface area contributed by atoms with Gasteiger partial charge in [0.1, 0.15) is 4.21 Å². The van der Waals surface area contributed by atoms with Crippen molar-refractivity contribution in [2.45, 2.75) is 23.6 Å². The van der Waals surface area contributed by atoms with E-state index in [-0.39, 0.29) is 12.0 Å². The fourth-order valence-corrected chi connectivity index (χ4v) is 5.10. The Hall–Kier alpha value is -0.140. The molecule has 7 heteroatoms. The van der Waals surface area contributed by atoms with Crippen LogP contribution in [0, 0.1) is 5.92 Å². The lowest BCUT2D eigenvalue weighted by atomic mass is 9.96. The predicted molar refractivity (Wildman–Crippen MR) is 69.8 cm³/mol. The molecule has 0 bridgehead atoms. The van der Waals surface area contributed by atoms with Crippen molar-refractivity contribution in [3.8, 4) is 0 Å². The van der Waals surface area contributed by atoms with Crippen LogP contribution in [0.15, 0.2) is 16.3 Å². The number of hydrogen-bond acceptors (Lipinski definition) is 4.